The molecule has 0 saturated heterocycles. The predicted molar refractivity (Wildman–Crippen MR) is 122 cm³/mol. The number of carbonyl (C=O) groups excluding carboxylic acids is 1. The molecule has 1 N–H and O–H groups in total. The molecule has 35 heavy (non-hydrogen) atoms. The molecule has 0 aliphatic heterocycles. The molecule has 0 amide bonds. The number of nitrogens with zero attached hydrogens (tertiary/aromatic N) is 3. The Morgan fingerprint density at radius 3 is 2.46 bits per heavy atom. The average Bonchev–Trinajstić information content (AvgIpc) is 3.43. The summed E-state index contributed by atoms with van der Waals surface area (Å²) in [5.74, 6) is -1.54. The van der Waals surface area contributed by atoms with E-state index < -0.39 is 11.7 Å². The summed E-state index contributed by atoms with van der Waals surface area (Å²) in [4.78, 5) is 30.2. The molecule has 0 spiro atoms. The zero-order chi connectivity index (χ0) is 23.7. The van der Waals surface area contributed by atoms with E-state index in [0.29, 0.717) is 36.0 Å². The third-order valence-electron chi connectivity index (χ3n) is 5.45. The summed E-state index contributed by atoms with van der Waals surface area (Å²) in [5, 5.41) is 15.5. The van der Waals surface area contributed by atoms with E-state index in [4.69, 9.17) is 4.74 Å². The van der Waals surface area contributed by atoms with Gasteiger partial charge in [0.25, 0.3) is 6.01 Å². The topological polar surface area (TPSA) is 126 Å². The predicted octanol–water partition coefficient (Wildman–Crippen LogP) is -0.139. The molecule has 0 aliphatic rings. The molecule has 0 radical (unpaired) electrons. The first-order valence-electron chi connectivity index (χ1n) is 10.6. The average molecular weight is 495 g/mol. The van der Waals surface area contributed by atoms with E-state index in [1.807, 2.05) is 55.5 Å². The minimum Gasteiger partial charge on any atom is -0.545 e. The van der Waals surface area contributed by atoms with Crippen LogP contribution in [0.15, 0.2) is 76.0 Å². The summed E-state index contributed by atoms with van der Waals surface area (Å²) in [7, 11) is 0. The number of carboxylic acid groups (broad SMARTS) is 1. The van der Waals surface area contributed by atoms with Gasteiger partial charge in [-0.1, -0.05) is 65.8 Å². The van der Waals surface area contributed by atoms with Crippen molar-refractivity contribution in [1.29, 1.82) is 0 Å². The van der Waals surface area contributed by atoms with Gasteiger partial charge in [-0.25, -0.2) is 4.79 Å². The number of ether oxygens (including phenoxy) is 1. The van der Waals surface area contributed by atoms with Crippen molar-refractivity contribution in [2.24, 2.45) is 0 Å². The first-order chi connectivity index (χ1) is 16.5. The number of benzene rings is 3. The van der Waals surface area contributed by atoms with Crippen LogP contribution in [0.5, 0.6) is 6.01 Å². The third-order valence-corrected chi connectivity index (χ3v) is 5.45. The number of hydrogen-bond acceptors (Lipinski definition) is 7. The number of H-pyrrole nitrogens is 1. The fraction of sp³-hybridized carbons (Fsp3) is 0.120. The Morgan fingerprint density at radius 1 is 1.06 bits per heavy atom. The van der Waals surface area contributed by atoms with Gasteiger partial charge in [-0.2, -0.15) is 4.98 Å². The van der Waals surface area contributed by atoms with Gasteiger partial charge < -0.3 is 14.6 Å². The Kier molecular flexibility index (Phi) is 7.68. The molecule has 10 heteroatoms. The second kappa shape index (κ2) is 10.7. The Balaban J connectivity index is 0.00000289. The molecule has 0 aliphatic carbocycles. The van der Waals surface area contributed by atoms with Crippen LogP contribution in [0.1, 0.15) is 22.8 Å². The molecule has 0 bridgehead atoms. The van der Waals surface area contributed by atoms with Crippen LogP contribution in [0.2, 0.25) is 0 Å². The van der Waals surface area contributed by atoms with E-state index in [1.54, 1.807) is 16.7 Å². The second-order valence-corrected chi connectivity index (χ2v) is 7.56. The molecule has 9 nitrogen and oxygen atoms in total. The van der Waals surface area contributed by atoms with Gasteiger partial charge in [0.1, 0.15) is 0 Å². The molecule has 0 unspecified atom stereocenters. The summed E-state index contributed by atoms with van der Waals surface area (Å²) in [6.45, 7) is 2.59. The van der Waals surface area contributed by atoms with E-state index in [9.17, 15) is 14.7 Å². The first kappa shape index (κ1) is 25.1. The third kappa shape index (κ3) is 5.02. The maximum absolute atomic E-state index is 11.7. The van der Waals surface area contributed by atoms with Gasteiger partial charge >= 0.3 is 57.1 Å². The van der Waals surface area contributed by atoms with Gasteiger partial charge in [0, 0.05) is 11.1 Å². The van der Waals surface area contributed by atoms with E-state index >= 15 is 0 Å². The molecule has 5 rings (SSSR count). The molecule has 2 heterocycles. The standard InChI is InChI=1S/C25H20N4O5.K/c1-2-33-24-26-20-9-5-8-19(23(30)31)21(20)29(24)14-15-10-12-16(13-11-15)17-6-3-4-7-18(17)22-27-25(32)34-28-22;/h3-13H,2,14H2,1H3,(H,30,31)(H,27,28,32);/q;+1/p-1. The van der Waals surface area contributed by atoms with Crippen molar-refractivity contribution in [2.75, 3.05) is 6.61 Å². The van der Waals surface area contributed by atoms with E-state index in [2.05, 4.69) is 19.6 Å². The monoisotopic (exact) mass is 494 g/mol. The van der Waals surface area contributed by atoms with Crippen molar-refractivity contribution < 1.29 is 70.5 Å². The molecule has 3 aromatic carbocycles. The molecule has 0 saturated carbocycles. The number of imidazole rings is 1. The number of aromatic nitrogens is 4. The summed E-state index contributed by atoms with van der Waals surface area (Å²) in [6, 6.07) is 20.6. The molecule has 5 aromatic rings. The van der Waals surface area contributed by atoms with Crippen molar-refractivity contribution in [2.45, 2.75) is 13.5 Å². The van der Waals surface area contributed by atoms with Crippen LogP contribution < -0.4 is 67.0 Å². The second-order valence-electron chi connectivity index (χ2n) is 7.56. The molecular weight excluding hydrogens is 475 g/mol. The van der Waals surface area contributed by atoms with Crippen molar-refractivity contribution >= 4 is 17.0 Å². The van der Waals surface area contributed by atoms with Crippen molar-refractivity contribution in [3.8, 4) is 28.5 Å². The Bertz CT molecular complexity index is 1550. The number of carboxylic acids is 1. The summed E-state index contributed by atoms with van der Waals surface area (Å²) >= 11 is 0. The normalized spacial score (nSPS) is 10.8. The molecule has 0 fully saturated rings. The SMILES string of the molecule is CCOc1nc2cccc(C(=O)[O-])c2n1Cc1ccc(-c2ccccc2-c2noc(=O)[nH]2)cc1.[K+]. The van der Waals surface area contributed by atoms with E-state index in [-0.39, 0.29) is 56.9 Å². The molecule has 0 atom stereocenters. The van der Waals surface area contributed by atoms with E-state index in [1.165, 1.54) is 6.07 Å². The van der Waals surface area contributed by atoms with Gasteiger partial charge in [-0.05, 0) is 29.7 Å². The molecule has 170 valence electrons. The van der Waals surface area contributed by atoms with E-state index in [0.717, 1.165) is 22.3 Å². The van der Waals surface area contributed by atoms with Gasteiger partial charge in [0.05, 0.1) is 30.2 Å². The number of aromatic carboxylic acids is 1. The van der Waals surface area contributed by atoms with Crippen LogP contribution in [-0.2, 0) is 6.54 Å². The molecule has 2 aromatic heterocycles. The van der Waals surface area contributed by atoms with Crippen molar-refractivity contribution in [1.82, 2.24) is 19.7 Å². The van der Waals surface area contributed by atoms with Crippen LogP contribution in [0.25, 0.3) is 33.5 Å². The first-order valence-corrected chi connectivity index (χ1v) is 10.6. The van der Waals surface area contributed by atoms with Crippen molar-refractivity contribution in [3.63, 3.8) is 0 Å². The largest absolute Gasteiger partial charge is 1.00 e. The summed E-state index contributed by atoms with van der Waals surface area (Å²) in [6.07, 6.45) is 0. The van der Waals surface area contributed by atoms with Gasteiger partial charge in [-0.15, -0.1) is 0 Å². The van der Waals surface area contributed by atoms with Crippen LogP contribution in [0, 0.1) is 0 Å². The van der Waals surface area contributed by atoms with Crippen LogP contribution in [0.3, 0.4) is 0 Å². The number of hydrogen-bond donors (Lipinski definition) is 1. The van der Waals surface area contributed by atoms with Crippen LogP contribution in [0.4, 0.5) is 0 Å². The number of para-hydroxylation sites is 1. The quantitative estimate of drug-likeness (QED) is 0.312. The number of carbonyl (C=O) groups is 1. The number of rotatable bonds is 7. The number of fused-ring (bicyclic) bond motifs is 1. The number of aromatic amines is 1. The van der Waals surface area contributed by atoms with Gasteiger partial charge in [0.15, 0.2) is 5.82 Å². The zero-order valence-electron chi connectivity index (χ0n) is 19.1. The Labute approximate surface area is 242 Å². The Hall–Kier alpha value is -3.02. The zero-order valence-corrected chi connectivity index (χ0v) is 22.3. The minimum absolute atomic E-state index is 0. The summed E-state index contributed by atoms with van der Waals surface area (Å²) < 4.78 is 12.1. The molecular formula is C25H19KN4O5. The van der Waals surface area contributed by atoms with Gasteiger partial charge in [0.2, 0.25) is 0 Å². The van der Waals surface area contributed by atoms with Crippen molar-refractivity contribution in [3.05, 3.63) is 88.4 Å². The van der Waals surface area contributed by atoms with Gasteiger partial charge in [-0.3, -0.25) is 14.1 Å². The maximum atomic E-state index is 11.7. The number of nitrogens with one attached hydrogen (secondary N) is 1. The smallest absolute Gasteiger partial charge is 0.545 e. The maximum Gasteiger partial charge on any atom is 1.00 e. The van der Waals surface area contributed by atoms with Crippen LogP contribution >= 0.6 is 0 Å². The fourth-order valence-corrected chi connectivity index (χ4v) is 3.97. The minimum atomic E-state index is -1.27. The Morgan fingerprint density at radius 2 is 1.80 bits per heavy atom. The fourth-order valence-electron chi connectivity index (χ4n) is 3.97. The summed E-state index contributed by atoms with van der Waals surface area (Å²) in [5.41, 5.74) is 4.49. The van der Waals surface area contributed by atoms with Crippen LogP contribution in [-0.4, -0.2) is 32.3 Å².